The molecule has 150 valence electrons. The number of nitrogens with one attached hydrogen (secondary N) is 1. The van der Waals surface area contributed by atoms with Gasteiger partial charge >= 0.3 is 5.97 Å². The number of methoxy groups -OCH3 is 1. The Morgan fingerprint density at radius 2 is 1.97 bits per heavy atom. The van der Waals surface area contributed by atoms with E-state index in [-0.39, 0.29) is 11.3 Å². The van der Waals surface area contributed by atoms with Gasteiger partial charge in [0.2, 0.25) is 0 Å². The summed E-state index contributed by atoms with van der Waals surface area (Å²) in [6.45, 7) is 1.53. The van der Waals surface area contributed by atoms with Crippen LogP contribution in [-0.4, -0.2) is 30.7 Å². The quantitative estimate of drug-likeness (QED) is 0.320. The number of hydrogen-bond donors (Lipinski definition) is 2. The van der Waals surface area contributed by atoms with Crippen molar-refractivity contribution in [3.63, 3.8) is 0 Å². The number of ether oxygens (including phenoxy) is 2. The van der Waals surface area contributed by atoms with E-state index in [2.05, 4.69) is 5.32 Å². The number of carbonyl (C=O) groups excluding carboxylic acids is 1. The summed E-state index contributed by atoms with van der Waals surface area (Å²) in [7, 11) is 1.42. The van der Waals surface area contributed by atoms with E-state index < -0.39 is 18.5 Å². The summed E-state index contributed by atoms with van der Waals surface area (Å²) in [5, 5.41) is 20.9. The van der Waals surface area contributed by atoms with Crippen molar-refractivity contribution in [1.29, 1.82) is 5.26 Å². The maximum Gasteiger partial charge on any atom is 0.341 e. The molecule has 2 aromatic carbocycles. The molecule has 1 amide bonds. The Kier molecular flexibility index (Phi) is 8.03. The third-order valence-corrected chi connectivity index (χ3v) is 4.69. The Hall–Kier alpha value is -3.06. The predicted molar refractivity (Wildman–Crippen MR) is 117 cm³/mol. The number of aliphatic carboxylic acids is 1. The number of carbonyl (C=O) groups is 2. The molecule has 0 saturated heterocycles. The summed E-state index contributed by atoms with van der Waals surface area (Å²) in [4.78, 5) is 23.2. The van der Waals surface area contributed by atoms with E-state index in [0.717, 1.165) is 12.0 Å². The molecule has 0 aliphatic carbocycles. The van der Waals surface area contributed by atoms with Gasteiger partial charge in [0.15, 0.2) is 18.1 Å². The summed E-state index contributed by atoms with van der Waals surface area (Å²) in [6.07, 6.45) is 2.33. The van der Waals surface area contributed by atoms with E-state index in [1.807, 2.05) is 47.7 Å². The van der Waals surface area contributed by atoms with Crippen molar-refractivity contribution in [3.8, 4) is 17.6 Å². The molecule has 0 atom stereocenters. The molecule has 2 N–H and O–H groups in total. The fourth-order valence-corrected chi connectivity index (χ4v) is 3.22. The Morgan fingerprint density at radius 3 is 2.52 bits per heavy atom. The molecule has 0 spiro atoms. The van der Waals surface area contributed by atoms with Crippen LogP contribution in [-0.2, 0) is 16.0 Å². The smallest absolute Gasteiger partial charge is 0.341 e. The molecule has 0 radical (unpaired) electrons. The third-order valence-electron chi connectivity index (χ3n) is 3.89. The van der Waals surface area contributed by atoms with Gasteiger partial charge < -0.3 is 19.9 Å². The zero-order valence-electron chi connectivity index (χ0n) is 15.9. The number of amides is 1. The third kappa shape index (κ3) is 6.22. The van der Waals surface area contributed by atoms with Crippen molar-refractivity contribution in [3.05, 3.63) is 56.7 Å². The summed E-state index contributed by atoms with van der Waals surface area (Å²) >= 11 is 1.97. The van der Waals surface area contributed by atoms with Gasteiger partial charge in [-0.25, -0.2) is 4.79 Å². The second kappa shape index (κ2) is 10.5. The molecule has 29 heavy (non-hydrogen) atoms. The lowest BCUT2D eigenvalue weighted by atomic mass is 10.1. The van der Waals surface area contributed by atoms with Gasteiger partial charge in [-0.2, -0.15) is 5.26 Å². The van der Waals surface area contributed by atoms with Gasteiger partial charge in [-0.05, 0) is 70.5 Å². The highest BCUT2D eigenvalue weighted by Crippen LogP contribution is 2.34. The van der Waals surface area contributed by atoms with Gasteiger partial charge in [0.25, 0.3) is 5.91 Å². The number of carboxylic acid groups (broad SMARTS) is 1. The molecule has 0 aliphatic rings. The Labute approximate surface area is 182 Å². The molecular weight excluding hydrogens is 487 g/mol. The summed E-state index contributed by atoms with van der Waals surface area (Å²) in [5.74, 6) is -1.05. The van der Waals surface area contributed by atoms with Crippen molar-refractivity contribution >= 4 is 46.2 Å². The van der Waals surface area contributed by atoms with Crippen LogP contribution in [0.3, 0.4) is 0 Å². The average Bonchev–Trinajstić information content (AvgIpc) is 2.71. The molecule has 2 rings (SSSR count). The van der Waals surface area contributed by atoms with Crippen molar-refractivity contribution in [2.75, 3.05) is 19.0 Å². The van der Waals surface area contributed by atoms with Crippen LogP contribution in [0.4, 0.5) is 5.69 Å². The normalized spacial score (nSPS) is 10.8. The Bertz CT molecular complexity index is 978. The number of carboxylic acids is 1. The zero-order chi connectivity index (χ0) is 21.4. The summed E-state index contributed by atoms with van der Waals surface area (Å²) < 4.78 is 11.1. The van der Waals surface area contributed by atoms with E-state index in [1.165, 1.54) is 13.2 Å². The highest BCUT2D eigenvalue weighted by Gasteiger charge is 2.15. The monoisotopic (exact) mass is 506 g/mol. The van der Waals surface area contributed by atoms with Gasteiger partial charge in [0, 0.05) is 5.69 Å². The van der Waals surface area contributed by atoms with Crippen LogP contribution >= 0.6 is 22.6 Å². The number of benzene rings is 2. The van der Waals surface area contributed by atoms with Crippen molar-refractivity contribution in [1.82, 2.24) is 0 Å². The van der Waals surface area contributed by atoms with Gasteiger partial charge in [-0.1, -0.05) is 19.1 Å². The number of rotatable bonds is 8. The van der Waals surface area contributed by atoms with E-state index >= 15 is 0 Å². The minimum Gasteiger partial charge on any atom is -0.493 e. The number of nitrogens with zero attached hydrogens (tertiary/aromatic N) is 1. The molecule has 0 aromatic heterocycles. The highest BCUT2D eigenvalue weighted by molar-refractivity contribution is 14.1. The molecular formula is C21H19IN2O5. The van der Waals surface area contributed by atoms with E-state index in [9.17, 15) is 14.9 Å². The Morgan fingerprint density at radius 1 is 1.28 bits per heavy atom. The second-order valence-electron chi connectivity index (χ2n) is 5.89. The second-order valence-corrected chi connectivity index (χ2v) is 7.05. The minimum absolute atomic E-state index is 0.0818. The minimum atomic E-state index is -1.11. The standard InChI is InChI=1S/C21H19IN2O5/c1-3-13-4-6-16(7-5-13)24-21(27)15(11-23)8-14-9-17(22)20(18(10-14)28-2)29-12-19(25)26/h4-10H,3,12H2,1-2H3,(H,24,27)(H,25,26)/b15-8+. The molecule has 2 aromatic rings. The molecule has 0 heterocycles. The predicted octanol–water partition coefficient (Wildman–Crippen LogP) is 3.87. The number of aryl methyl sites for hydroxylation is 1. The van der Waals surface area contributed by atoms with Crippen molar-refractivity contribution in [2.24, 2.45) is 0 Å². The van der Waals surface area contributed by atoms with Gasteiger partial charge in [-0.15, -0.1) is 0 Å². The molecule has 7 nitrogen and oxygen atoms in total. The average molecular weight is 506 g/mol. The lowest BCUT2D eigenvalue weighted by Gasteiger charge is -2.12. The van der Waals surface area contributed by atoms with Crippen LogP contribution in [0.2, 0.25) is 0 Å². The number of anilines is 1. The summed E-state index contributed by atoms with van der Waals surface area (Å²) in [5.41, 5.74) is 2.20. The first-order chi connectivity index (χ1) is 13.9. The van der Waals surface area contributed by atoms with Crippen molar-refractivity contribution in [2.45, 2.75) is 13.3 Å². The van der Waals surface area contributed by atoms with Crippen molar-refractivity contribution < 1.29 is 24.2 Å². The van der Waals surface area contributed by atoms with Crippen LogP contribution in [0, 0.1) is 14.9 Å². The summed E-state index contributed by atoms with van der Waals surface area (Å²) in [6, 6.07) is 12.5. The van der Waals surface area contributed by atoms with E-state index in [1.54, 1.807) is 24.3 Å². The molecule has 0 bridgehead atoms. The van der Waals surface area contributed by atoms with E-state index in [0.29, 0.717) is 20.6 Å². The van der Waals surface area contributed by atoms with Gasteiger partial charge in [-0.3, -0.25) is 4.79 Å². The largest absolute Gasteiger partial charge is 0.493 e. The molecule has 0 unspecified atom stereocenters. The van der Waals surface area contributed by atoms with Crippen LogP contribution < -0.4 is 14.8 Å². The molecule has 8 heteroatoms. The fraction of sp³-hybridized carbons (Fsp3) is 0.190. The maximum atomic E-state index is 12.5. The van der Waals surface area contributed by atoms with Crippen LogP contribution in [0.25, 0.3) is 6.08 Å². The topological polar surface area (TPSA) is 109 Å². The first kappa shape index (κ1) is 22.2. The van der Waals surface area contributed by atoms with Gasteiger partial charge in [0.1, 0.15) is 11.6 Å². The fourth-order valence-electron chi connectivity index (χ4n) is 2.43. The number of nitriles is 1. The van der Waals surface area contributed by atoms with E-state index in [4.69, 9.17) is 14.6 Å². The molecule has 0 saturated carbocycles. The zero-order valence-corrected chi connectivity index (χ0v) is 18.0. The first-order valence-electron chi connectivity index (χ1n) is 8.62. The van der Waals surface area contributed by atoms with Crippen LogP contribution in [0.5, 0.6) is 11.5 Å². The highest BCUT2D eigenvalue weighted by atomic mass is 127. The number of hydrogen-bond acceptors (Lipinski definition) is 5. The lowest BCUT2D eigenvalue weighted by molar-refractivity contribution is -0.139. The lowest BCUT2D eigenvalue weighted by Crippen LogP contribution is -2.13. The first-order valence-corrected chi connectivity index (χ1v) is 9.70. The maximum absolute atomic E-state index is 12.5. The van der Waals surface area contributed by atoms with Crippen LogP contribution in [0.1, 0.15) is 18.1 Å². The SMILES string of the molecule is CCc1ccc(NC(=O)/C(C#N)=C/c2cc(I)c(OCC(=O)O)c(OC)c2)cc1. The van der Waals surface area contributed by atoms with Gasteiger partial charge in [0.05, 0.1) is 10.7 Å². The molecule has 0 fully saturated rings. The Balaban J connectivity index is 2.26. The van der Waals surface area contributed by atoms with Crippen LogP contribution in [0.15, 0.2) is 42.0 Å². The number of halogens is 1. The molecule has 0 aliphatic heterocycles.